The number of sulfonamides is 1. The third-order valence-electron chi connectivity index (χ3n) is 13.0. The summed E-state index contributed by atoms with van der Waals surface area (Å²) in [4.78, 5) is 93.6. The summed E-state index contributed by atoms with van der Waals surface area (Å²) < 4.78 is 42.1. The number of hydrogen-bond donors (Lipinski definition) is 3. The number of ether oxygens (including phenoxy) is 2. The number of methoxy groups -OCH3 is 2. The van der Waals surface area contributed by atoms with E-state index in [0.717, 1.165) is 22.7 Å². The predicted octanol–water partition coefficient (Wildman–Crippen LogP) is 2.42. The Hall–Kier alpha value is -6.13. The number of nitrogens with zero attached hydrogens (tertiary/aromatic N) is 8. The minimum absolute atomic E-state index is 0.0218. The molecule has 4 heterocycles. The van der Waals surface area contributed by atoms with Crippen LogP contribution in [0.3, 0.4) is 0 Å². The van der Waals surface area contributed by atoms with Gasteiger partial charge in [-0.15, -0.1) is 5.10 Å². The molecule has 0 bridgehead atoms. The smallest absolute Gasteiger partial charge is 0.256 e. The van der Waals surface area contributed by atoms with Crippen molar-refractivity contribution in [3.8, 4) is 0 Å². The van der Waals surface area contributed by atoms with Gasteiger partial charge in [0, 0.05) is 64.8 Å². The quantitative estimate of drug-likeness (QED) is 0.0977. The number of aromatic nitrogens is 5. The third-order valence-corrected chi connectivity index (χ3v) is 14.4. The van der Waals surface area contributed by atoms with Crippen molar-refractivity contribution in [3.63, 3.8) is 0 Å². The highest BCUT2D eigenvalue weighted by atomic mass is 32.2. The molecule has 6 unspecified atom stereocenters. The van der Waals surface area contributed by atoms with Crippen molar-refractivity contribution in [3.05, 3.63) is 77.9 Å². The van der Waals surface area contributed by atoms with Crippen molar-refractivity contribution < 1.29 is 46.7 Å². The monoisotopic (exact) mass is 991 g/mol. The van der Waals surface area contributed by atoms with Gasteiger partial charge >= 0.3 is 0 Å². The number of likely N-dealkylation sites (tertiary alicyclic amines) is 1. The second kappa shape index (κ2) is 25.1. The molecule has 0 spiro atoms. The van der Waals surface area contributed by atoms with Crippen molar-refractivity contribution in [2.45, 2.75) is 130 Å². The summed E-state index contributed by atoms with van der Waals surface area (Å²) in [5.41, 5.74) is 1.76. The normalized spacial score (nSPS) is 18.0. The molecule has 1 fully saturated rings. The van der Waals surface area contributed by atoms with Crippen LogP contribution in [0.5, 0.6) is 0 Å². The Morgan fingerprint density at radius 1 is 0.971 bits per heavy atom. The van der Waals surface area contributed by atoms with Crippen molar-refractivity contribution in [2.75, 3.05) is 38.9 Å². The highest BCUT2D eigenvalue weighted by Gasteiger charge is 2.43. The molecule has 382 valence electrons. The van der Waals surface area contributed by atoms with E-state index in [0.29, 0.717) is 43.0 Å². The van der Waals surface area contributed by atoms with Crippen LogP contribution in [0.2, 0.25) is 0 Å². The van der Waals surface area contributed by atoms with E-state index in [1.165, 1.54) is 25.1 Å². The largest absolute Gasteiger partial charge is 0.379 e. The van der Waals surface area contributed by atoms with Crippen LogP contribution in [0.15, 0.2) is 60.9 Å². The number of anilines is 1. The van der Waals surface area contributed by atoms with Gasteiger partial charge in [0.2, 0.25) is 33.7 Å². The van der Waals surface area contributed by atoms with E-state index in [1.54, 1.807) is 66.4 Å². The van der Waals surface area contributed by atoms with Crippen molar-refractivity contribution in [2.24, 2.45) is 17.8 Å². The van der Waals surface area contributed by atoms with E-state index < -0.39 is 81.7 Å². The van der Waals surface area contributed by atoms with Crippen LogP contribution in [-0.2, 0) is 67.8 Å². The molecule has 0 saturated carbocycles. The molecule has 2 aromatic heterocycles. The van der Waals surface area contributed by atoms with Crippen LogP contribution in [0.4, 0.5) is 5.95 Å². The lowest BCUT2D eigenvalue weighted by Gasteiger charge is -2.40. The fourth-order valence-corrected chi connectivity index (χ4v) is 10.1. The third kappa shape index (κ3) is 14.5. The fourth-order valence-electron chi connectivity index (χ4n) is 9.02. The average molecular weight is 992 g/mol. The van der Waals surface area contributed by atoms with E-state index in [4.69, 9.17) is 9.47 Å². The van der Waals surface area contributed by atoms with E-state index >= 15 is 0 Å². The predicted molar refractivity (Wildman–Crippen MR) is 258 cm³/mol. The average Bonchev–Trinajstić information content (AvgIpc) is 4.08. The molecule has 6 amide bonds. The van der Waals surface area contributed by atoms with Crippen LogP contribution < -0.4 is 15.4 Å². The molecule has 8 atom stereocenters. The van der Waals surface area contributed by atoms with Crippen LogP contribution >= 0.6 is 0 Å². The fraction of sp³-hybridized carbons (Fsp3) is 0.583. The minimum atomic E-state index is -4.21. The molecule has 5 rings (SSSR count). The zero-order chi connectivity index (χ0) is 51.3. The van der Waals surface area contributed by atoms with Crippen molar-refractivity contribution in [1.29, 1.82) is 0 Å². The lowest BCUT2D eigenvalue weighted by Crippen LogP contribution is -2.56. The molecule has 0 aliphatic carbocycles. The van der Waals surface area contributed by atoms with Gasteiger partial charge in [0.1, 0.15) is 17.8 Å². The molecule has 3 aromatic rings. The van der Waals surface area contributed by atoms with Crippen LogP contribution in [0, 0.1) is 24.7 Å². The lowest BCUT2D eigenvalue weighted by molar-refractivity contribution is -0.146. The molecule has 0 radical (unpaired) electrons. The van der Waals surface area contributed by atoms with Gasteiger partial charge in [0.05, 0.1) is 55.1 Å². The van der Waals surface area contributed by atoms with Gasteiger partial charge in [-0.3, -0.25) is 43.1 Å². The number of nitrogens with one attached hydrogen (secondary N) is 3. The number of amides is 6. The molecule has 22 heteroatoms. The number of likely N-dealkylation sites (N-methyl/N-ethyl adjacent to an activating group) is 1. The van der Waals surface area contributed by atoms with Gasteiger partial charge in [-0.05, 0) is 49.7 Å². The number of aryl methyl sites for hydroxylation is 2. The Kier molecular flexibility index (Phi) is 19.7. The van der Waals surface area contributed by atoms with Crippen LogP contribution in [0.1, 0.15) is 83.7 Å². The maximum atomic E-state index is 14.4. The summed E-state index contributed by atoms with van der Waals surface area (Å²) in [5, 5.41) is 13.9. The Balaban J connectivity index is 1.24. The first-order valence-electron chi connectivity index (χ1n) is 23.8. The van der Waals surface area contributed by atoms with Gasteiger partial charge in [0.25, 0.3) is 17.7 Å². The topological polar surface area (TPSA) is 257 Å². The molecule has 1 saturated heterocycles. The van der Waals surface area contributed by atoms with Gasteiger partial charge in [0.15, 0.2) is 0 Å². The van der Waals surface area contributed by atoms with Crippen molar-refractivity contribution >= 4 is 51.4 Å². The maximum Gasteiger partial charge on any atom is 0.256 e. The summed E-state index contributed by atoms with van der Waals surface area (Å²) in [5.74, 6) is -4.08. The Labute approximate surface area is 410 Å². The number of benzene rings is 1. The van der Waals surface area contributed by atoms with Gasteiger partial charge in [-0.25, -0.2) is 18.4 Å². The first-order valence-corrected chi connectivity index (χ1v) is 25.4. The zero-order valence-electron chi connectivity index (χ0n) is 41.6. The van der Waals surface area contributed by atoms with E-state index in [1.807, 2.05) is 34.6 Å². The summed E-state index contributed by atoms with van der Waals surface area (Å²) in [7, 11) is 0.513. The molecule has 1 aromatic carbocycles. The van der Waals surface area contributed by atoms with E-state index in [9.17, 15) is 37.2 Å². The van der Waals surface area contributed by atoms with Crippen LogP contribution in [-0.4, -0.2) is 153 Å². The zero-order valence-corrected chi connectivity index (χ0v) is 42.4. The summed E-state index contributed by atoms with van der Waals surface area (Å²) in [6.07, 6.45) is 5.81. The number of carbonyl (C=O) groups excluding carboxylic acids is 6. The van der Waals surface area contributed by atoms with Gasteiger partial charge in [-0.2, -0.15) is 0 Å². The lowest BCUT2D eigenvalue weighted by atomic mass is 9.89. The molecule has 2 aliphatic heterocycles. The minimum Gasteiger partial charge on any atom is -0.379 e. The SMILES string of the molecule is CCC(C)C(C(CC(=O)N1CCCC1C(OC)C(C)C(=O)N[C@@H](Cc1ccccc1)C(=O)NS(=O)(=O)CCCn1cc(CN2C(=O)C=CC2=O)nn1)OC)N(C)C(=O)[C@@H](Nc1nccc(C)n1)C(C)C. The first-order chi connectivity index (χ1) is 33.3. The standard InChI is InChI=1S/C48H69N11O10S/c1-10-31(4)43(56(7)47(65)42(30(2)3)52-48-49-22-21-32(5)50-48)38(68-8)27-41(62)58-24-14-18-37(58)44(69-9)33(6)45(63)51-36(26-34-16-12-11-13-17-34)46(64)54-70(66,67)25-15-23-57-28-35(53-55-57)29-59-39(60)19-20-40(59)61/h11-13,16-17,19-22,28,30-31,33,36-38,42-44H,10,14-15,18,23-27,29H2,1-9H3,(H,51,63)(H,54,64)(H,49,50,52)/t31?,33?,36-,37?,38?,42-,43?,44?/m0/s1. The Bertz CT molecular complexity index is 2420. The van der Waals surface area contributed by atoms with Crippen molar-refractivity contribution in [1.82, 2.24) is 49.7 Å². The number of carbonyl (C=O) groups is 6. The number of rotatable bonds is 26. The first kappa shape index (κ1) is 54.8. The molecule has 21 nitrogen and oxygen atoms in total. The molecular formula is C48H69N11O10S. The number of imide groups is 1. The maximum absolute atomic E-state index is 14.4. The molecular weight excluding hydrogens is 923 g/mol. The summed E-state index contributed by atoms with van der Waals surface area (Å²) >= 11 is 0. The van der Waals surface area contributed by atoms with Crippen LogP contribution in [0.25, 0.3) is 0 Å². The van der Waals surface area contributed by atoms with E-state index in [2.05, 4.69) is 35.6 Å². The second-order valence-corrected chi connectivity index (χ2v) is 20.3. The van der Waals surface area contributed by atoms with Gasteiger partial charge in [-0.1, -0.05) is 76.6 Å². The highest BCUT2D eigenvalue weighted by Crippen LogP contribution is 2.30. The highest BCUT2D eigenvalue weighted by molar-refractivity contribution is 7.90. The Morgan fingerprint density at radius 2 is 1.67 bits per heavy atom. The molecule has 3 N–H and O–H groups in total. The van der Waals surface area contributed by atoms with E-state index in [-0.39, 0.29) is 56.0 Å². The molecule has 2 aliphatic rings. The Morgan fingerprint density at radius 3 is 2.30 bits per heavy atom. The molecule has 70 heavy (non-hydrogen) atoms. The second-order valence-electron chi connectivity index (χ2n) is 18.4. The number of hydrogen-bond acceptors (Lipinski definition) is 15. The summed E-state index contributed by atoms with van der Waals surface area (Å²) in [6.45, 7) is 11.8. The summed E-state index contributed by atoms with van der Waals surface area (Å²) in [6, 6.07) is 7.65. The van der Waals surface area contributed by atoms with Gasteiger partial charge < -0.3 is 29.9 Å².